The third-order valence-corrected chi connectivity index (χ3v) is 2.70. The third kappa shape index (κ3) is 5.09. The largest absolute Gasteiger partial charge is 0.313 e. The molecule has 0 saturated carbocycles. The van der Waals surface area contributed by atoms with Crippen LogP contribution in [0.1, 0.15) is 12.0 Å². The number of hydrogen-bond acceptors (Lipinski definition) is 3. The lowest BCUT2D eigenvalue weighted by Crippen LogP contribution is -2.16. The fourth-order valence-electron chi connectivity index (χ4n) is 1.14. The Labute approximate surface area is 87.4 Å². The average Bonchev–Trinajstić information content (AvgIpc) is 2.18. The van der Waals surface area contributed by atoms with Crippen LogP contribution in [-0.2, 0) is 17.3 Å². The highest BCUT2D eigenvalue weighted by atomic mass is 32.2. The van der Waals surface area contributed by atoms with Crippen molar-refractivity contribution in [3.8, 4) is 0 Å². The number of aromatic nitrogens is 1. The molecule has 14 heavy (non-hydrogen) atoms. The van der Waals surface area contributed by atoms with E-state index in [-0.39, 0.29) is 0 Å². The molecule has 1 unspecified atom stereocenters. The molecule has 0 aliphatic rings. The SMILES string of the molecule is CS(=O)CCCNCc1cccnc1. The van der Waals surface area contributed by atoms with E-state index in [0.717, 1.165) is 25.3 Å². The summed E-state index contributed by atoms with van der Waals surface area (Å²) in [6.45, 7) is 1.75. The first-order valence-electron chi connectivity index (χ1n) is 4.68. The second kappa shape index (κ2) is 6.68. The van der Waals surface area contributed by atoms with Crippen LogP contribution in [0.5, 0.6) is 0 Å². The van der Waals surface area contributed by atoms with Crippen molar-refractivity contribution < 1.29 is 4.21 Å². The maximum atomic E-state index is 10.8. The van der Waals surface area contributed by atoms with E-state index in [2.05, 4.69) is 10.3 Å². The number of nitrogens with zero attached hydrogens (tertiary/aromatic N) is 1. The van der Waals surface area contributed by atoms with Crippen molar-refractivity contribution in [3.63, 3.8) is 0 Å². The van der Waals surface area contributed by atoms with Crippen molar-refractivity contribution >= 4 is 10.8 Å². The summed E-state index contributed by atoms with van der Waals surface area (Å²) in [4.78, 5) is 4.02. The fraction of sp³-hybridized carbons (Fsp3) is 0.500. The first-order chi connectivity index (χ1) is 6.79. The van der Waals surface area contributed by atoms with Gasteiger partial charge in [-0.05, 0) is 24.6 Å². The van der Waals surface area contributed by atoms with Gasteiger partial charge in [-0.1, -0.05) is 6.07 Å². The Morgan fingerprint density at radius 2 is 2.43 bits per heavy atom. The molecule has 0 saturated heterocycles. The molecule has 0 fully saturated rings. The van der Waals surface area contributed by atoms with Gasteiger partial charge in [-0.15, -0.1) is 0 Å². The highest BCUT2D eigenvalue weighted by molar-refractivity contribution is 7.84. The Morgan fingerprint density at radius 3 is 3.07 bits per heavy atom. The lowest BCUT2D eigenvalue weighted by atomic mass is 10.3. The van der Waals surface area contributed by atoms with Crippen LogP contribution in [0.2, 0.25) is 0 Å². The normalized spacial score (nSPS) is 12.6. The van der Waals surface area contributed by atoms with Gasteiger partial charge in [-0.2, -0.15) is 0 Å². The molecule has 0 aromatic carbocycles. The summed E-state index contributed by atoms with van der Waals surface area (Å²) in [5.74, 6) is 0.778. The molecule has 3 nitrogen and oxygen atoms in total. The highest BCUT2D eigenvalue weighted by Crippen LogP contribution is 1.94. The van der Waals surface area contributed by atoms with Gasteiger partial charge in [0, 0.05) is 41.7 Å². The molecule has 0 aliphatic heterocycles. The molecule has 1 heterocycles. The molecule has 1 atom stereocenters. The fourth-order valence-corrected chi connectivity index (χ4v) is 1.69. The molecule has 1 N–H and O–H groups in total. The van der Waals surface area contributed by atoms with E-state index in [9.17, 15) is 4.21 Å². The summed E-state index contributed by atoms with van der Waals surface area (Å²) in [6, 6.07) is 3.97. The summed E-state index contributed by atoms with van der Waals surface area (Å²) in [5, 5.41) is 3.28. The predicted molar refractivity (Wildman–Crippen MR) is 59.5 cm³/mol. The lowest BCUT2D eigenvalue weighted by molar-refractivity contribution is 0.661. The Bertz CT molecular complexity index is 277. The number of pyridine rings is 1. The zero-order valence-corrected chi connectivity index (χ0v) is 9.22. The monoisotopic (exact) mass is 212 g/mol. The summed E-state index contributed by atoms with van der Waals surface area (Å²) >= 11 is 0. The van der Waals surface area contributed by atoms with Crippen LogP contribution >= 0.6 is 0 Å². The molecule has 0 spiro atoms. The molecule has 78 valence electrons. The average molecular weight is 212 g/mol. The van der Waals surface area contributed by atoms with Gasteiger partial charge in [-0.25, -0.2) is 0 Å². The van der Waals surface area contributed by atoms with E-state index in [1.807, 2.05) is 18.3 Å². The van der Waals surface area contributed by atoms with Crippen molar-refractivity contribution in [3.05, 3.63) is 30.1 Å². The van der Waals surface area contributed by atoms with E-state index in [4.69, 9.17) is 0 Å². The molecule has 1 aromatic heterocycles. The topological polar surface area (TPSA) is 42.0 Å². The van der Waals surface area contributed by atoms with Crippen molar-refractivity contribution in [2.45, 2.75) is 13.0 Å². The molecule has 0 amide bonds. The Kier molecular flexibility index (Phi) is 5.40. The van der Waals surface area contributed by atoms with Gasteiger partial charge >= 0.3 is 0 Å². The minimum Gasteiger partial charge on any atom is -0.313 e. The van der Waals surface area contributed by atoms with Gasteiger partial charge in [0.1, 0.15) is 0 Å². The van der Waals surface area contributed by atoms with Gasteiger partial charge in [0.2, 0.25) is 0 Å². The highest BCUT2D eigenvalue weighted by Gasteiger charge is 1.93. The zero-order valence-electron chi connectivity index (χ0n) is 8.40. The number of hydrogen-bond donors (Lipinski definition) is 1. The van der Waals surface area contributed by atoms with Gasteiger partial charge < -0.3 is 5.32 Å². The standard InChI is InChI=1S/C10H16N2OS/c1-14(13)7-3-6-12-9-10-4-2-5-11-8-10/h2,4-5,8,12H,3,6-7,9H2,1H3. The number of nitrogens with one attached hydrogen (secondary N) is 1. The minimum atomic E-state index is -0.666. The van der Waals surface area contributed by atoms with Crippen LogP contribution in [0.15, 0.2) is 24.5 Å². The van der Waals surface area contributed by atoms with E-state index in [1.54, 1.807) is 12.5 Å². The molecule has 4 heteroatoms. The second-order valence-corrected chi connectivity index (χ2v) is 4.72. The van der Waals surface area contributed by atoms with Crippen LogP contribution in [0, 0.1) is 0 Å². The van der Waals surface area contributed by atoms with E-state index in [1.165, 1.54) is 5.56 Å². The van der Waals surface area contributed by atoms with Crippen molar-refractivity contribution in [2.24, 2.45) is 0 Å². The molecular weight excluding hydrogens is 196 g/mol. The van der Waals surface area contributed by atoms with Gasteiger partial charge in [0.05, 0.1) is 0 Å². The zero-order chi connectivity index (χ0) is 10.2. The van der Waals surface area contributed by atoms with E-state index >= 15 is 0 Å². The number of rotatable bonds is 6. The predicted octanol–water partition coefficient (Wildman–Crippen LogP) is 0.940. The van der Waals surface area contributed by atoms with Crippen molar-refractivity contribution in [1.29, 1.82) is 0 Å². The maximum absolute atomic E-state index is 10.8. The van der Waals surface area contributed by atoms with Crippen LogP contribution in [0.3, 0.4) is 0 Å². The van der Waals surface area contributed by atoms with Crippen LogP contribution in [0.4, 0.5) is 0 Å². The minimum absolute atomic E-state index is 0.666. The first kappa shape index (κ1) is 11.3. The van der Waals surface area contributed by atoms with Crippen LogP contribution in [0.25, 0.3) is 0 Å². The summed E-state index contributed by atoms with van der Waals surface area (Å²) < 4.78 is 10.8. The molecule has 0 bridgehead atoms. The Morgan fingerprint density at radius 1 is 1.57 bits per heavy atom. The Hall–Kier alpha value is -0.740. The smallest absolute Gasteiger partial charge is 0.0312 e. The summed E-state index contributed by atoms with van der Waals surface area (Å²) in [5.41, 5.74) is 1.19. The van der Waals surface area contributed by atoms with Crippen LogP contribution < -0.4 is 5.32 Å². The van der Waals surface area contributed by atoms with E-state index in [0.29, 0.717) is 0 Å². The summed E-state index contributed by atoms with van der Waals surface area (Å²) in [6.07, 6.45) is 6.32. The molecule has 0 aliphatic carbocycles. The van der Waals surface area contributed by atoms with Gasteiger partial charge in [0.25, 0.3) is 0 Å². The lowest BCUT2D eigenvalue weighted by Gasteiger charge is -2.03. The van der Waals surface area contributed by atoms with Gasteiger partial charge in [-0.3, -0.25) is 9.19 Å². The van der Waals surface area contributed by atoms with Crippen molar-refractivity contribution in [1.82, 2.24) is 10.3 Å². The Balaban J connectivity index is 2.08. The molecule has 1 aromatic rings. The second-order valence-electron chi connectivity index (χ2n) is 3.17. The molecular formula is C10H16N2OS. The van der Waals surface area contributed by atoms with E-state index < -0.39 is 10.8 Å². The van der Waals surface area contributed by atoms with Crippen molar-refractivity contribution in [2.75, 3.05) is 18.6 Å². The molecule has 0 radical (unpaired) electrons. The van der Waals surface area contributed by atoms with Crippen LogP contribution in [-0.4, -0.2) is 27.7 Å². The maximum Gasteiger partial charge on any atom is 0.0312 e. The first-order valence-corrected chi connectivity index (χ1v) is 6.41. The van der Waals surface area contributed by atoms with Gasteiger partial charge in [0.15, 0.2) is 0 Å². The summed E-state index contributed by atoms with van der Waals surface area (Å²) in [7, 11) is -0.666. The third-order valence-electron chi connectivity index (χ3n) is 1.84. The quantitative estimate of drug-likeness (QED) is 0.714. The molecule has 1 rings (SSSR count).